The molecule has 9 heteroatoms. The largest absolute Gasteiger partial charge is 0.379 e. The number of aryl methyl sites for hydroxylation is 1. The van der Waals surface area contributed by atoms with Crippen molar-refractivity contribution in [2.24, 2.45) is 5.41 Å². The third-order valence-electron chi connectivity index (χ3n) is 6.64. The highest BCUT2D eigenvalue weighted by molar-refractivity contribution is 6.43. The summed E-state index contributed by atoms with van der Waals surface area (Å²) in [6.45, 7) is 5.43. The molecule has 0 bridgehead atoms. The molecule has 1 aromatic carbocycles. The topological polar surface area (TPSA) is 67.6 Å². The van der Waals surface area contributed by atoms with E-state index in [1.54, 1.807) is 12.4 Å². The molecule has 4 heterocycles. The molecule has 5 rings (SSSR count). The third kappa shape index (κ3) is 3.07. The highest BCUT2D eigenvalue weighted by Crippen LogP contribution is 2.41. The van der Waals surface area contributed by atoms with Crippen molar-refractivity contribution in [2.75, 3.05) is 38.3 Å². The van der Waals surface area contributed by atoms with E-state index in [9.17, 15) is 0 Å². The minimum absolute atomic E-state index is 0.209. The number of nitrogens with zero attached hydrogens (tertiary/aromatic N) is 5. The van der Waals surface area contributed by atoms with Crippen molar-refractivity contribution in [3.05, 3.63) is 40.3 Å². The zero-order chi connectivity index (χ0) is 20.9. The van der Waals surface area contributed by atoms with Gasteiger partial charge in [-0.15, -0.1) is 10.2 Å². The Morgan fingerprint density at radius 2 is 2.03 bits per heavy atom. The molecular weight excluding hydrogens is 423 g/mol. The molecule has 1 N–H and O–H groups in total. The first-order chi connectivity index (χ1) is 14.5. The number of hydrogen-bond acceptors (Lipinski definition) is 6. The molecule has 2 aliphatic heterocycles. The van der Waals surface area contributed by atoms with E-state index in [0.29, 0.717) is 16.1 Å². The fourth-order valence-corrected chi connectivity index (χ4v) is 5.30. The van der Waals surface area contributed by atoms with Crippen LogP contribution in [0.1, 0.15) is 18.5 Å². The van der Waals surface area contributed by atoms with Crippen LogP contribution >= 0.6 is 23.2 Å². The molecule has 30 heavy (non-hydrogen) atoms. The predicted octanol–water partition coefficient (Wildman–Crippen LogP) is 3.61. The zero-order valence-electron chi connectivity index (χ0n) is 17.0. The normalized spacial score (nSPS) is 21.1. The van der Waals surface area contributed by atoms with Gasteiger partial charge in [0.15, 0.2) is 5.65 Å². The lowest BCUT2D eigenvalue weighted by molar-refractivity contribution is 0.129. The van der Waals surface area contributed by atoms with E-state index in [2.05, 4.69) is 20.4 Å². The van der Waals surface area contributed by atoms with Crippen LogP contribution in [0.3, 0.4) is 0 Å². The SMILES string of the molecule is CN[C@@H]1COCC12CCN(c1nc(C)c(-c3cccc(Cl)c3Cl)c3nncn13)CC2. The molecule has 1 atom stereocenters. The lowest BCUT2D eigenvalue weighted by atomic mass is 9.74. The lowest BCUT2D eigenvalue weighted by Gasteiger charge is -2.42. The number of hydrogen-bond donors (Lipinski definition) is 1. The van der Waals surface area contributed by atoms with E-state index in [-0.39, 0.29) is 5.41 Å². The summed E-state index contributed by atoms with van der Waals surface area (Å²) in [4.78, 5) is 7.28. The number of anilines is 1. The Kier molecular flexibility index (Phi) is 5.09. The number of fused-ring (bicyclic) bond motifs is 1. The number of aromatic nitrogens is 4. The van der Waals surface area contributed by atoms with Crippen LogP contribution in [0.5, 0.6) is 0 Å². The highest BCUT2D eigenvalue weighted by atomic mass is 35.5. The molecule has 0 amide bonds. The summed E-state index contributed by atoms with van der Waals surface area (Å²) < 4.78 is 7.76. The first-order valence-electron chi connectivity index (χ1n) is 10.2. The summed E-state index contributed by atoms with van der Waals surface area (Å²) in [6, 6.07) is 6.02. The zero-order valence-corrected chi connectivity index (χ0v) is 18.5. The third-order valence-corrected chi connectivity index (χ3v) is 7.46. The van der Waals surface area contributed by atoms with Gasteiger partial charge in [0, 0.05) is 35.7 Å². The van der Waals surface area contributed by atoms with Gasteiger partial charge >= 0.3 is 0 Å². The summed E-state index contributed by atoms with van der Waals surface area (Å²) in [5, 5.41) is 13.0. The minimum Gasteiger partial charge on any atom is -0.379 e. The molecule has 0 aliphatic carbocycles. The number of benzene rings is 1. The van der Waals surface area contributed by atoms with Crippen LogP contribution in [0.2, 0.25) is 10.0 Å². The van der Waals surface area contributed by atoms with Gasteiger partial charge in [0.25, 0.3) is 0 Å². The quantitative estimate of drug-likeness (QED) is 0.662. The predicted molar refractivity (Wildman–Crippen MR) is 119 cm³/mol. The summed E-state index contributed by atoms with van der Waals surface area (Å²) in [5.41, 5.74) is 3.47. The van der Waals surface area contributed by atoms with Gasteiger partial charge in [0.05, 0.1) is 29.0 Å². The summed E-state index contributed by atoms with van der Waals surface area (Å²) in [5.74, 6) is 0.865. The molecule has 158 valence electrons. The maximum Gasteiger partial charge on any atom is 0.212 e. The Hall–Kier alpha value is -1.93. The molecule has 2 aliphatic rings. The van der Waals surface area contributed by atoms with E-state index >= 15 is 0 Å². The standard InChI is InChI=1S/C21H24Cl2N6O/c1-13-17(14-4-3-5-15(22)18(14)23)19-27-25-12-29(19)20(26-13)28-8-6-21(7-9-28)11-30-10-16(21)24-2/h3-5,12,16,24H,6-11H2,1-2H3/t16-/m1/s1. The highest BCUT2D eigenvalue weighted by Gasteiger charge is 2.45. The average molecular weight is 447 g/mol. The number of halogens is 2. The van der Waals surface area contributed by atoms with Crippen LogP contribution < -0.4 is 10.2 Å². The second-order valence-corrected chi connectivity index (χ2v) is 8.99. The maximum absolute atomic E-state index is 6.51. The fourth-order valence-electron chi connectivity index (χ4n) is 4.90. The van der Waals surface area contributed by atoms with E-state index in [4.69, 9.17) is 32.9 Å². The van der Waals surface area contributed by atoms with Gasteiger partial charge in [0.2, 0.25) is 5.95 Å². The van der Waals surface area contributed by atoms with Crippen molar-refractivity contribution in [1.29, 1.82) is 0 Å². The van der Waals surface area contributed by atoms with Gasteiger partial charge < -0.3 is 15.0 Å². The second-order valence-electron chi connectivity index (χ2n) is 8.20. The number of ether oxygens (including phenoxy) is 1. The smallest absolute Gasteiger partial charge is 0.212 e. The Bertz CT molecular complexity index is 1090. The van der Waals surface area contributed by atoms with E-state index in [0.717, 1.165) is 67.6 Å². The van der Waals surface area contributed by atoms with Crippen LogP contribution in [-0.2, 0) is 4.74 Å². The first kappa shape index (κ1) is 20.0. The van der Waals surface area contributed by atoms with Crippen LogP contribution in [0.4, 0.5) is 5.95 Å². The number of rotatable bonds is 3. The molecule has 2 fully saturated rings. The van der Waals surface area contributed by atoms with Crippen molar-refractivity contribution >= 4 is 34.8 Å². The minimum atomic E-state index is 0.209. The second kappa shape index (κ2) is 7.64. The Balaban J connectivity index is 1.52. The van der Waals surface area contributed by atoms with E-state index in [1.807, 2.05) is 30.5 Å². The van der Waals surface area contributed by atoms with Gasteiger partial charge in [-0.25, -0.2) is 4.98 Å². The van der Waals surface area contributed by atoms with Crippen LogP contribution in [0.25, 0.3) is 16.8 Å². The molecule has 1 spiro atoms. The van der Waals surface area contributed by atoms with Crippen molar-refractivity contribution in [3.63, 3.8) is 0 Å². The van der Waals surface area contributed by atoms with Crippen molar-refractivity contribution < 1.29 is 4.74 Å². The Morgan fingerprint density at radius 3 is 2.80 bits per heavy atom. The fraction of sp³-hybridized carbons (Fsp3) is 0.476. The molecule has 7 nitrogen and oxygen atoms in total. The number of nitrogens with one attached hydrogen (secondary N) is 1. The van der Waals surface area contributed by atoms with Crippen molar-refractivity contribution in [2.45, 2.75) is 25.8 Å². The van der Waals surface area contributed by atoms with Gasteiger partial charge in [-0.3, -0.25) is 4.40 Å². The number of likely N-dealkylation sites (N-methyl/N-ethyl adjacent to an activating group) is 1. The first-order valence-corrected chi connectivity index (χ1v) is 10.9. The Labute approximate surface area is 185 Å². The molecule has 0 saturated carbocycles. The van der Waals surface area contributed by atoms with Crippen LogP contribution in [0, 0.1) is 12.3 Å². The van der Waals surface area contributed by atoms with Crippen LogP contribution in [0.15, 0.2) is 24.5 Å². The maximum atomic E-state index is 6.51. The van der Waals surface area contributed by atoms with Crippen LogP contribution in [-0.4, -0.2) is 59.0 Å². The molecule has 3 aromatic rings. The Morgan fingerprint density at radius 1 is 1.23 bits per heavy atom. The van der Waals surface area contributed by atoms with Crippen molar-refractivity contribution in [1.82, 2.24) is 24.9 Å². The van der Waals surface area contributed by atoms with Gasteiger partial charge in [-0.05, 0) is 32.9 Å². The summed E-state index contributed by atoms with van der Waals surface area (Å²) in [7, 11) is 2.03. The monoisotopic (exact) mass is 446 g/mol. The molecule has 2 aromatic heterocycles. The molecule has 0 radical (unpaired) electrons. The summed E-state index contributed by atoms with van der Waals surface area (Å²) in [6.07, 6.45) is 3.84. The van der Waals surface area contributed by atoms with Crippen molar-refractivity contribution in [3.8, 4) is 11.1 Å². The number of piperidine rings is 1. The van der Waals surface area contributed by atoms with E-state index in [1.165, 1.54) is 0 Å². The lowest BCUT2D eigenvalue weighted by Crippen LogP contribution is -2.50. The molecule has 2 saturated heterocycles. The molecule has 0 unspecified atom stereocenters. The molecular formula is C21H24Cl2N6O. The van der Waals surface area contributed by atoms with E-state index < -0.39 is 0 Å². The summed E-state index contributed by atoms with van der Waals surface area (Å²) >= 11 is 12.8. The van der Waals surface area contributed by atoms with Gasteiger partial charge in [-0.2, -0.15) is 0 Å². The van der Waals surface area contributed by atoms with Gasteiger partial charge in [0.1, 0.15) is 6.33 Å². The van der Waals surface area contributed by atoms with Gasteiger partial charge in [-0.1, -0.05) is 35.3 Å². The average Bonchev–Trinajstić information content (AvgIpc) is 3.38.